The summed E-state index contributed by atoms with van der Waals surface area (Å²) in [5.74, 6) is -3.48. The van der Waals surface area contributed by atoms with Crippen LogP contribution in [-0.4, -0.2) is 51.5 Å². The molecule has 0 aromatic carbocycles. The van der Waals surface area contributed by atoms with Gasteiger partial charge in [0, 0.05) is 22.7 Å². The number of fused-ring (bicyclic) bond motifs is 5. The van der Waals surface area contributed by atoms with E-state index < -0.39 is 75.0 Å². The lowest BCUT2D eigenvalue weighted by Crippen LogP contribution is -2.70. The van der Waals surface area contributed by atoms with Crippen LogP contribution in [0.3, 0.4) is 0 Å². The Morgan fingerprint density at radius 2 is 1.92 bits per heavy atom. The third-order valence-corrected chi connectivity index (χ3v) is 11.0. The van der Waals surface area contributed by atoms with Gasteiger partial charge in [-0.05, 0) is 74.4 Å². The number of ether oxygens (including phenoxy) is 1. The minimum Gasteiger partial charge on any atom is -0.449 e. The number of alkyl halides is 3. The smallest absolute Gasteiger partial charge is 0.309 e. The standard InChI is InChI=1S/C27H33F3O5S/c1-14-9-17-18-11-20(29)19-10-16(31)7-8-24(19,2)26(18,30)21(32)12-25(17,3)27(14,23(34)36-13-28)35-22(33)15-5-4-6-15/h7-8,10,14-15,17-18,20-21,32H,4-6,9,11-13H2,1-3H3/t14-,17-,18-,20-,21-,24-,25-,26-,27-/m0/s1. The van der Waals surface area contributed by atoms with E-state index in [1.54, 1.807) is 13.8 Å². The van der Waals surface area contributed by atoms with E-state index in [9.17, 15) is 23.9 Å². The number of aliphatic hydroxyl groups excluding tert-OH is 1. The second-order valence-electron chi connectivity index (χ2n) is 11.8. The maximum atomic E-state index is 17.3. The molecule has 0 aromatic heterocycles. The van der Waals surface area contributed by atoms with Crippen LogP contribution in [0.1, 0.15) is 59.3 Å². The van der Waals surface area contributed by atoms with Gasteiger partial charge in [0.25, 0.3) is 0 Å². The van der Waals surface area contributed by atoms with Gasteiger partial charge in [-0.2, -0.15) is 0 Å². The van der Waals surface area contributed by atoms with E-state index >= 15 is 8.78 Å². The molecule has 0 heterocycles. The summed E-state index contributed by atoms with van der Waals surface area (Å²) in [4.78, 5) is 38.7. The fourth-order valence-electron chi connectivity index (χ4n) is 8.26. The third kappa shape index (κ3) is 3.10. The van der Waals surface area contributed by atoms with Crippen LogP contribution in [0.2, 0.25) is 0 Å². The molecule has 0 spiro atoms. The molecule has 9 heteroatoms. The first-order valence-electron chi connectivity index (χ1n) is 12.8. The number of thioether (sulfide) groups is 1. The van der Waals surface area contributed by atoms with Gasteiger partial charge in [0.2, 0.25) is 5.12 Å². The number of aliphatic hydroxyl groups is 1. The van der Waals surface area contributed by atoms with Crippen molar-refractivity contribution in [3.63, 3.8) is 0 Å². The molecule has 0 aromatic rings. The van der Waals surface area contributed by atoms with Crippen molar-refractivity contribution in [1.29, 1.82) is 0 Å². The van der Waals surface area contributed by atoms with Crippen LogP contribution in [0.15, 0.2) is 23.8 Å². The lowest BCUT2D eigenvalue weighted by Gasteiger charge is -2.63. The molecule has 5 aliphatic rings. The van der Waals surface area contributed by atoms with Crippen molar-refractivity contribution >= 4 is 28.6 Å². The van der Waals surface area contributed by atoms with Gasteiger partial charge < -0.3 is 9.84 Å². The zero-order valence-corrected chi connectivity index (χ0v) is 21.6. The van der Waals surface area contributed by atoms with Gasteiger partial charge in [0.15, 0.2) is 17.1 Å². The van der Waals surface area contributed by atoms with Crippen LogP contribution in [0.4, 0.5) is 13.2 Å². The van der Waals surface area contributed by atoms with E-state index in [0.29, 0.717) is 24.6 Å². The zero-order valence-electron chi connectivity index (χ0n) is 20.8. The summed E-state index contributed by atoms with van der Waals surface area (Å²) in [5, 5.41) is 10.8. The van der Waals surface area contributed by atoms with Crippen molar-refractivity contribution in [3.8, 4) is 0 Å². The molecule has 4 saturated carbocycles. The van der Waals surface area contributed by atoms with Crippen molar-refractivity contribution in [2.45, 2.75) is 82.8 Å². The minimum atomic E-state index is -2.30. The van der Waals surface area contributed by atoms with E-state index in [1.807, 2.05) is 0 Å². The maximum absolute atomic E-state index is 17.3. The van der Waals surface area contributed by atoms with Crippen LogP contribution in [-0.2, 0) is 19.1 Å². The lowest BCUT2D eigenvalue weighted by atomic mass is 9.44. The fraction of sp³-hybridized carbons (Fsp3) is 0.741. The summed E-state index contributed by atoms with van der Waals surface area (Å²) in [6.45, 7) is 4.96. The molecule has 0 aliphatic heterocycles. The molecule has 0 radical (unpaired) electrons. The Morgan fingerprint density at radius 3 is 2.53 bits per heavy atom. The Morgan fingerprint density at radius 1 is 1.22 bits per heavy atom. The largest absolute Gasteiger partial charge is 0.449 e. The van der Waals surface area contributed by atoms with Crippen LogP contribution >= 0.6 is 11.8 Å². The number of hydrogen-bond donors (Lipinski definition) is 1. The number of allylic oxidation sites excluding steroid dienone is 4. The molecule has 4 fully saturated rings. The number of halogens is 3. The topological polar surface area (TPSA) is 80.7 Å². The van der Waals surface area contributed by atoms with Gasteiger partial charge in [-0.25, -0.2) is 13.2 Å². The van der Waals surface area contributed by atoms with E-state index in [-0.39, 0.29) is 30.8 Å². The van der Waals surface area contributed by atoms with Gasteiger partial charge in [-0.15, -0.1) is 0 Å². The number of ketones is 1. The second-order valence-corrected chi connectivity index (χ2v) is 12.7. The average molecular weight is 527 g/mol. The number of hydrogen-bond acceptors (Lipinski definition) is 6. The monoisotopic (exact) mass is 526 g/mol. The predicted octanol–water partition coefficient (Wildman–Crippen LogP) is 4.82. The molecule has 5 aliphatic carbocycles. The Hall–Kier alpha value is -1.61. The molecular weight excluding hydrogens is 493 g/mol. The summed E-state index contributed by atoms with van der Waals surface area (Å²) < 4.78 is 52.5. The van der Waals surface area contributed by atoms with Crippen LogP contribution in [0, 0.1) is 34.5 Å². The van der Waals surface area contributed by atoms with E-state index in [2.05, 4.69) is 0 Å². The van der Waals surface area contributed by atoms with E-state index in [4.69, 9.17) is 4.74 Å². The summed E-state index contributed by atoms with van der Waals surface area (Å²) in [6.07, 6.45) is 2.43. The van der Waals surface area contributed by atoms with Crippen molar-refractivity contribution in [2.24, 2.45) is 34.5 Å². The van der Waals surface area contributed by atoms with Crippen molar-refractivity contribution in [2.75, 3.05) is 6.01 Å². The molecule has 1 N–H and O–H groups in total. The maximum Gasteiger partial charge on any atom is 0.309 e. The van der Waals surface area contributed by atoms with Gasteiger partial charge in [0.05, 0.1) is 12.0 Å². The number of rotatable bonds is 4. The first-order chi connectivity index (χ1) is 16.9. The number of carbonyl (C=O) groups excluding carboxylic acids is 3. The molecule has 36 heavy (non-hydrogen) atoms. The van der Waals surface area contributed by atoms with E-state index in [0.717, 1.165) is 12.5 Å². The SMILES string of the molecule is C[C@H]1C[C@H]2[C@@H]3C[C@H](F)C4=CC(=O)C=C[C@]4(C)[C@@]3(F)[C@@H](O)C[C@]2(C)[C@@]1(OC(=O)C1CCC1)C(=O)SCF. The highest BCUT2D eigenvalue weighted by Crippen LogP contribution is 2.72. The van der Waals surface area contributed by atoms with Crippen molar-refractivity contribution in [1.82, 2.24) is 0 Å². The lowest BCUT2D eigenvalue weighted by molar-refractivity contribution is -0.230. The van der Waals surface area contributed by atoms with E-state index in [1.165, 1.54) is 19.1 Å². The molecule has 5 nitrogen and oxygen atoms in total. The quantitative estimate of drug-likeness (QED) is 0.529. The molecule has 0 bridgehead atoms. The molecule has 5 rings (SSSR count). The van der Waals surface area contributed by atoms with Crippen LogP contribution in [0.25, 0.3) is 0 Å². The van der Waals surface area contributed by atoms with Gasteiger partial charge in [0.1, 0.15) is 12.2 Å². The summed E-state index contributed by atoms with van der Waals surface area (Å²) in [6, 6.07) is -1.01. The minimum absolute atomic E-state index is 0.0224. The Labute approximate surface area is 213 Å². The fourth-order valence-corrected chi connectivity index (χ4v) is 9.05. The van der Waals surface area contributed by atoms with Gasteiger partial charge in [-0.1, -0.05) is 26.3 Å². The van der Waals surface area contributed by atoms with Crippen LogP contribution < -0.4 is 0 Å². The molecule has 0 saturated heterocycles. The Bertz CT molecular complexity index is 1060. The molecule has 0 amide bonds. The highest BCUT2D eigenvalue weighted by Gasteiger charge is 2.78. The van der Waals surface area contributed by atoms with Crippen molar-refractivity contribution < 1.29 is 37.4 Å². The average Bonchev–Trinajstić information content (AvgIpc) is 2.98. The first-order valence-corrected chi connectivity index (χ1v) is 13.8. The Kier molecular flexibility index (Phi) is 6.11. The Balaban J connectivity index is 1.62. The third-order valence-electron chi connectivity index (χ3n) is 10.4. The van der Waals surface area contributed by atoms with Gasteiger partial charge >= 0.3 is 5.97 Å². The van der Waals surface area contributed by atoms with Gasteiger partial charge in [-0.3, -0.25) is 14.4 Å². The highest BCUT2D eigenvalue weighted by molar-refractivity contribution is 8.13. The second kappa shape index (κ2) is 8.45. The molecular formula is C27H33F3O5S. The van der Waals surface area contributed by atoms with Crippen LogP contribution in [0.5, 0.6) is 0 Å². The normalized spacial score (nSPS) is 47.8. The predicted molar refractivity (Wildman–Crippen MR) is 128 cm³/mol. The zero-order chi connectivity index (χ0) is 26.3. The summed E-state index contributed by atoms with van der Waals surface area (Å²) in [7, 11) is 0. The first kappa shape index (κ1) is 26.0. The number of carbonyl (C=O) groups is 3. The number of esters is 1. The summed E-state index contributed by atoms with van der Waals surface area (Å²) in [5.41, 5.74) is -6.80. The van der Waals surface area contributed by atoms with Crippen molar-refractivity contribution in [3.05, 3.63) is 23.8 Å². The molecule has 198 valence electrons. The highest BCUT2D eigenvalue weighted by atomic mass is 32.2. The summed E-state index contributed by atoms with van der Waals surface area (Å²) >= 11 is 0.423. The molecule has 9 atom stereocenters. The molecule has 0 unspecified atom stereocenters.